The van der Waals surface area contributed by atoms with Crippen molar-refractivity contribution in [3.63, 3.8) is 0 Å². The molecule has 172 valence electrons. The van der Waals surface area contributed by atoms with E-state index in [4.69, 9.17) is 15.5 Å². The van der Waals surface area contributed by atoms with Crippen molar-refractivity contribution in [2.75, 3.05) is 12.3 Å². The van der Waals surface area contributed by atoms with Gasteiger partial charge in [-0.1, -0.05) is 54.2 Å². The van der Waals surface area contributed by atoms with E-state index >= 15 is 0 Å². The number of nitrogen functional groups attached to an aromatic ring is 1. The minimum Gasteiger partial charge on any atom is -0.462 e. The van der Waals surface area contributed by atoms with E-state index in [0.717, 1.165) is 16.9 Å². The molecule has 0 fully saturated rings. The molecule has 0 aliphatic rings. The van der Waals surface area contributed by atoms with Gasteiger partial charge in [-0.2, -0.15) is 5.26 Å². The van der Waals surface area contributed by atoms with Crippen LogP contribution in [-0.2, 0) is 10.5 Å². The van der Waals surface area contributed by atoms with E-state index in [1.807, 2.05) is 49.4 Å². The summed E-state index contributed by atoms with van der Waals surface area (Å²) in [7, 11) is 0. The number of esters is 1. The van der Waals surface area contributed by atoms with Crippen LogP contribution in [0.1, 0.15) is 46.3 Å². The lowest BCUT2D eigenvalue weighted by Crippen LogP contribution is -2.27. The van der Waals surface area contributed by atoms with Crippen molar-refractivity contribution in [1.82, 2.24) is 9.55 Å². The van der Waals surface area contributed by atoms with Crippen molar-refractivity contribution >= 4 is 45.0 Å². The second kappa shape index (κ2) is 10.1. The van der Waals surface area contributed by atoms with Crippen LogP contribution in [0, 0.1) is 11.3 Å². The Morgan fingerprint density at radius 3 is 2.65 bits per heavy atom. The number of hydrogen-bond donors (Lipinski definition) is 1. The Labute approximate surface area is 204 Å². The fraction of sp³-hybridized carbons (Fsp3) is 0.200. The third-order valence-electron chi connectivity index (χ3n) is 5.40. The minimum atomic E-state index is -0.516. The Kier molecular flexibility index (Phi) is 7.01. The van der Waals surface area contributed by atoms with Crippen molar-refractivity contribution in [3.05, 3.63) is 86.5 Å². The number of ether oxygens (including phenoxy) is 1. The second-order valence-electron chi connectivity index (χ2n) is 7.44. The first-order valence-corrected chi connectivity index (χ1v) is 12.4. The van der Waals surface area contributed by atoms with Crippen molar-refractivity contribution in [2.24, 2.45) is 0 Å². The summed E-state index contributed by atoms with van der Waals surface area (Å²) >= 11 is 2.33. The molecule has 0 saturated carbocycles. The van der Waals surface area contributed by atoms with Gasteiger partial charge in [0.1, 0.15) is 15.9 Å². The molecule has 2 aromatic carbocycles. The van der Waals surface area contributed by atoms with Crippen LogP contribution in [0.3, 0.4) is 0 Å². The van der Waals surface area contributed by atoms with Gasteiger partial charge in [0.25, 0.3) is 5.56 Å². The highest BCUT2D eigenvalue weighted by molar-refractivity contribution is 7.98. The largest absolute Gasteiger partial charge is 0.462 e. The number of carbonyl (C=O) groups is 1. The van der Waals surface area contributed by atoms with E-state index in [0.29, 0.717) is 26.5 Å². The highest BCUT2D eigenvalue weighted by Crippen LogP contribution is 2.36. The summed E-state index contributed by atoms with van der Waals surface area (Å²) < 4.78 is 6.82. The first kappa shape index (κ1) is 23.5. The van der Waals surface area contributed by atoms with Gasteiger partial charge in [0, 0.05) is 11.3 Å². The number of thioether (sulfide) groups is 1. The number of carbonyl (C=O) groups excluding carboxylic acids is 1. The first-order valence-electron chi connectivity index (χ1n) is 10.6. The van der Waals surface area contributed by atoms with Crippen LogP contribution in [0.2, 0.25) is 0 Å². The van der Waals surface area contributed by atoms with Crippen LogP contribution in [0.4, 0.5) is 5.00 Å². The van der Waals surface area contributed by atoms with Crippen LogP contribution in [0.5, 0.6) is 0 Å². The number of para-hydroxylation sites is 1. The van der Waals surface area contributed by atoms with Crippen molar-refractivity contribution in [2.45, 2.75) is 30.8 Å². The third kappa shape index (κ3) is 4.42. The van der Waals surface area contributed by atoms with E-state index in [1.54, 1.807) is 23.6 Å². The number of fused-ring (bicyclic) bond motifs is 1. The maximum Gasteiger partial charge on any atom is 0.348 e. The average molecular weight is 491 g/mol. The Morgan fingerprint density at radius 2 is 1.94 bits per heavy atom. The zero-order chi connectivity index (χ0) is 24.2. The highest BCUT2D eigenvalue weighted by atomic mass is 32.2. The zero-order valence-corrected chi connectivity index (χ0v) is 20.3. The molecule has 34 heavy (non-hydrogen) atoms. The smallest absolute Gasteiger partial charge is 0.348 e. The van der Waals surface area contributed by atoms with Gasteiger partial charge >= 0.3 is 5.97 Å². The molecule has 0 saturated heterocycles. The first-order chi connectivity index (χ1) is 16.5. The predicted molar refractivity (Wildman–Crippen MR) is 135 cm³/mol. The summed E-state index contributed by atoms with van der Waals surface area (Å²) in [5.74, 6) is -0.283. The maximum absolute atomic E-state index is 13.5. The number of nitrogens with zero attached hydrogens (tertiary/aromatic N) is 3. The molecule has 2 heterocycles. The molecule has 0 amide bonds. The quantitative estimate of drug-likeness (QED) is 0.221. The Hall–Kier alpha value is -3.61. The highest BCUT2D eigenvalue weighted by Gasteiger charge is 2.24. The number of nitrogens with two attached hydrogens (primary N) is 1. The minimum absolute atomic E-state index is 0.152. The van der Waals surface area contributed by atoms with Crippen LogP contribution in [0.25, 0.3) is 10.9 Å². The van der Waals surface area contributed by atoms with Gasteiger partial charge < -0.3 is 10.5 Å². The van der Waals surface area contributed by atoms with Crippen molar-refractivity contribution < 1.29 is 9.53 Å². The number of thiophene rings is 1. The molecule has 4 aromatic rings. The summed E-state index contributed by atoms with van der Waals surface area (Å²) in [5.41, 5.74) is 8.17. The molecular weight excluding hydrogens is 468 g/mol. The molecule has 7 nitrogen and oxygen atoms in total. The average Bonchev–Trinajstić information content (AvgIpc) is 3.18. The lowest BCUT2D eigenvalue weighted by Gasteiger charge is -2.20. The normalized spacial score (nSPS) is 11.8. The van der Waals surface area contributed by atoms with Gasteiger partial charge in [-0.15, -0.1) is 11.3 Å². The molecule has 0 radical (unpaired) electrons. The summed E-state index contributed by atoms with van der Waals surface area (Å²) in [4.78, 5) is 31.1. The molecule has 1 atom stereocenters. The van der Waals surface area contributed by atoms with Gasteiger partial charge in [0.2, 0.25) is 0 Å². The van der Waals surface area contributed by atoms with E-state index in [-0.39, 0.29) is 34.5 Å². The van der Waals surface area contributed by atoms with Gasteiger partial charge in [-0.3, -0.25) is 9.36 Å². The Balaban J connectivity index is 1.81. The molecule has 0 spiro atoms. The number of hydrogen-bond acceptors (Lipinski definition) is 8. The molecule has 2 N–H and O–H groups in total. The van der Waals surface area contributed by atoms with Crippen LogP contribution in [0.15, 0.2) is 64.5 Å². The Morgan fingerprint density at radius 1 is 1.24 bits per heavy atom. The summed E-state index contributed by atoms with van der Waals surface area (Å²) in [6.07, 6.45) is 0. The summed E-state index contributed by atoms with van der Waals surface area (Å²) in [5, 5.41) is 10.9. The van der Waals surface area contributed by atoms with E-state index < -0.39 is 5.97 Å². The van der Waals surface area contributed by atoms with E-state index in [2.05, 4.69) is 6.07 Å². The number of anilines is 1. The standard InChI is InChI=1S/C25H22N4O3S2/c1-3-32-24(31)21-19(18(13-26)22(27)34-21)14-33-25-28-20-12-8-7-11-17(20)23(30)29(25)15(2)16-9-5-4-6-10-16/h4-12,15H,3,14,27H2,1-2H3/t15-/m0/s1. The van der Waals surface area contributed by atoms with Gasteiger partial charge in [0.05, 0.1) is 29.1 Å². The van der Waals surface area contributed by atoms with Crippen LogP contribution in [-0.4, -0.2) is 22.1 Å². The predicted octanol–water partition coefficient (Wildman–Crippen LogP) is 4.99. The van der Waals surface area contributed by atoms with E-state index in [1.165, 1.54) is 11.8 Å². The van der Waals surface area contributed by atoms with Crippen LogP contribution >= 0.6 is 23.1 Å². The molecular formula is C25H22N4O3S2. The lowest BCUT2D eigenvalue weighted by molar-refractivity contribution is 0.0531. The molecule has 0 bridgehead atoms. The van der Waals surface area contributed by atoms with Crippen LogP contribution < -0.4 is 11.3 Å². The molecule has 0 aliphatic heterocycles. The molecule has 0 unspecified atom stereocenters. The summed E-state index contributed by atoms with van der Waals surface area (Å²) in [6.45, 7) is 3.88. The Bertz CT molecular complexity index is 1460. The monoisotopic (exact) mass is 490 g/mol. The van der Waals surface area contributed by atoms with Gasteiger partial charge in [-0.25, -0.2) is 9.78 Å². The summed E-state index contributed by atoms with van der Waals surface area (Å²) in [6, 6.07) is 18.7. The molecule has 4 rings (SSSR count). The topological polar surface area (TPSA) is 111 Å². The van der Waals surface area contributed by atoms with Crippen molar-refractivity contribution in [3.8, 4) is 6.07 Å². The SMILES string of the molecule is CCOC(=O)c1sc(N)c(C#N)c1CSc1nc2ccccc2c(=O)n1[C@@H](C)c1ccccc1. The van der Waals surface area contributed by atoms with Gasteiger partial charge in [-0.05, 0) is 31.5 Å². The van der Waals surface area contributed by atoms with Gasteiger partial charge in [0.15, 0.2) is 5.16 Å². The fourth-order valence-electron chi connectivity index (χ4n) is 3.69. The van der Waals surface area contributed by atoms with E-state index in [9.17, 15) is 14.9 Å². The molecule has 2 aromatic heterocycles. The van der Waals surface area contributed by atoms with Crippen molar-refractivity contribution in [1.29, 1.82) is 5.26 Å². The maximum atomic E-state index is 13.5. The fourth-order valence-corrected chi connectivity index (χ4v) is 5.82. The number of rotatable bonds is 7. The lowest BCUT2D eigenvalue weighted by atomic mass is 10.1. The number of nitriles is 1. The third-order valence-corrected chi connectivity index (χ3v) is 7.42. The number of aromatic nitrogens is 2. The number of benzene rings is 2. The molecule has 0 aliphatic carbocycles. The zero-order valence-electron chi connectivity index (χ0n) is 18.6. The molecule has 9 heteroatoms. The second-order valence-corrected chi connectivity index (χ2v) is 9.44.